The predicted octanol–water partition coefficient (Wildman–Crippen LogP) is 4.65. The Balaban J connectivity index is 2.24. The quantitative estimate of drug-likeness (QED) is 0.220. The maximum Gasteiger partial charge on any atom is 0.343 e. The molecule has 6 nitrogen and oxygen atoms in total. The Morgan fingerprint density at radius 1 is 1.25 bits per heavy atom. The molecule has 0 saturated carbocycles. The Morgan fingerprint density at radius 2 is 1.89 bits per heavy atom. The molecule has 1 N–H and O–H groups in total. The van der Waals surface area contributed by atoms with Gasteiger partial charge in [-0.15, -0.1) is 0 Å². The SMILES string of the molecule is COC(=O)COc1c(I)cc(/C=C(\C#N)C(=O)Nc2ccccc2Cl)cc1I. The maximum absolute atomic E-state index is 12.4. The number of anilines is 1. The zero-order valence-electron chi connectivity index (χ0n) is 14.5. The van der Waals surface area contributed by atoms with E-state index in [1.807, 2.05) is 6.07 Å². The molecule has 2 aromatic carbocycles. The third kappa shape index (κ3) is 6.08. The lowest BCUT2D eigenvalue weighted by Gasteiger charge is -2.11. The van der Waals surface area contributed by atoms with E-state index in [0.29, 0.717) is 22.0 Å². The van der Waals surface area contributed by atoms with Gasteiger partial charge in [0.05, 0.1) is 25.0 Å². The highest BCUT2D eigenvalue weighted by molar-refractivity contribution is 14.1. The van der Waals surface area contributed by atoms with Crippen molar-refractivity contribution in [3.63, 3.8) is 0 Å². The lowest BCUT2D eigenvalue weighted by atomic mass is 10.1. The molecule has 0 radical (unpaired) electrons. The fourth-order valence-corrected chi connectivity index (χ4v) is 4.37. The smallest absolute Gasteiger partial charge is 0.343 e. The normalized spacial score (nSPS) is 10.8. The van der Waals surface area contributed by atoms with Crippen molar-refractivity contribution in [2.24, 2.45) is 0 Å². The standard InChI is InChI=1S/C19H13ClI2N2O4/c1-27-17(25)10-28-18-14(21)7-11(8-15(18)22)6-12(9-23)19(26)24-16-5-3-2-4-13(16)20/h2-8H,10H2,1H3,(H,24,26)/b12-6+. The summed E-state index contributed by atoms with van der Waals surface area (Å²) in [5, 5.41) is 12.4. The summed E-state index contributed by atoms with van der Waals surface area (Å²) in [4.78, 5) is 23.7. The number of nitriles is 1. The van der Waals surface area contributed by atoms with Crippen molar-refractivity contribution in [1.82, 2.24) is 0 Å². The molecule has 0 aliphatic heterocycles. The lowest BCUT2D eigenvalue weighted by molar-refractivity contribution is -0.142. The van der Waals surface area contributed by atoms with E-state index in [0.717, 1.165) is 7.14 Å². The van der Waals surface area contributed by atoms with E-state index in [1.165, 1.54) is 13.2 Å². The van der Waals surface area contributed by atoms with Gasteiger partial charge in [0.15, 0.2) is 6.61 Å². The number of nitrogens with zero attached hydrogens (tertiary/aromatic N) is 1. The van der Waals surface area contributed by atoms with Gasteiger partial charge in [-0.25, -0.2) is 4.79 Å². The third-order valence-corrected chi connectivity index (χ3v) is 5.31. The van der Waals surface area contributed by atoms with Crippen LogP contribution in [0.2, 0.25) is 5.02 Å². The van der Waals surface area contributed by atoms with Crippen molar-refractivity contribution in [3.05, 3.63) is 59.7 Å². The summed E-state index contributed by atoms with van der Waals surface area (Å²) in [6.07, 6.45) is 1.47. The molecular weight excluding hydrogens is 609 g/mol. The number of carbonyl (C=O) groups excluding carboxylic acids is 2. The number of benzene rings is 2. The van der Waals surface area contributed by atoms with Gasteiger partial charge in [-0.1, -0.05) is 23.7 Å². The van der Waals surface area contributed by atoms with E-state index in [9.17, 15) is 14.9 Å². The number of para-hydroxylation sites is 1. The molecule has 0 fully saturated rings. The molecule has 0 aliphatic rings. The zero-order valence-corrected chi connectivity index (χ0v) is 19.5. The molecule has 144 valence electrons. The number of halogens is 3. The average Bonchev–Trinajstić information content (AvgIpc) is 2.66. The Labute approximate surface area is 194 Å². The number of nitrogens with one attached hydrogen (secondary N) is 1. The number of ether oxygens (including phenoxy) is 2. The number of rotatable bonds is 6. The van der Waals surface area contributed by atoms with Gasteiger partial charge >= 0.3 is 5.97 Å². The second kappa shape index (κ2) is 10.6. The number of amides is 1. The Morgan fingerprint density at radius 3 is 2.46 bits per heavy atom. The molecular formula is C19H13ClI2N2O4. The molecule has 0 unspecified atom stereocenters. The van der Waals surface area contributed by atoms with Crippen LogP contribution in [0.5, 0.6) is 5.75 Å². The summed E-state index contributed by atoms with van der Waals surface area (Å²) in [7, 11) is 1.28. The highest BCUT2D eigenvalue weighted by atomic mass is 127. The van der Waals surface area contributed by atoms with Gasteiger partial charge in [-0.2, -0.15) is 5.26 Å². The van der Waals surface area contributed by atoms with Crippen molar-refractivity contribution < 1.29 is 19.1 Å². The van der Waals surface area contributed by atoms with Gasteiger partial charge in [0, 0.05) is 0 Å². The molecule has 0 heterocycles. The minimum atomic E-state index is -0.563. The Hall–Kier alpha value is -1.84. The first kappa shape index (κ1) is 22.4. The maximum atomic E-state index is 12.4. The minimum Gasteiger partial charge on any atom is -0.480 e. The van der Waals surface area contributed by atoms with Crippen LogP contribution < -0.4 is 10.1 Å². The molecule has 0 spiro atoms. The van der Waals surface area contributed by atoms with E-state index in [1.54, 1.807) is 36.4 Å². The van der Waals surface area contributed by atoms with E-state index in [-0.39, 0.29) is 12.2 Å². The summed E-state index contributed by atoms with van der Waals surface area (Å²) in [5.74, 6) is -0.520. The van der Waals surface area contributed by atoms with E-state index < -0.39 is 11.9 Å². The van der Waals surface area contributed by atoms with Crippen LogP contribution in [-0.2, 0) is 14.3 Å². The summed E-state index contributed by atoms with van der Waals surface area (Å²) >= 11 is 10.1. The third-order valence-electron chi connectivity index (χ3n) is 3.38. The molecule has 28 heavy (non-hydrogen) atoms. The fourth-order valence-electron chi connectivity index (χ4n) is 2.06. The number of esters is 1. The first-order chi connectivity index (χ1) is 13.3. The monoisotopic (exact) mass is 622 g/mol. The second-order valence-corrected chi connectivity index (χ2v) is 8.01. The molecule has 1 amide bonds. The van der Waals surface area contributed by atoms with Crippen molar-refractivity contribution in [1.29, 1.82) is 5.26 Å². The molecule has 2 rings (SSSR count). The molecule has 0 atom stereocenters. The summed E-state index contributed by atoms with van der Waals surface area (Å²) in [5.41, 5.74) is 0.992. The van der Waals surface area contributed by atoms with E-state index in [2.05, 4.69) is 55.2 Å². The van der Waals surface area contributed by atoms with Crippen molar-refractivity contribution in [2.45, 2.75) is 0 Å². The minimum absolute atomic E-state index is 0.0743. The van der Waals surface area contributed by atoms with Gasteiger partial charge in [0.1, 0.15) is 17.4 Å². The fraction of sp³-hybridized carbons (Fsp3) is 0.105. The second-order valence-electron chi connectivity index (χ2n) is 5.28. The van der Waals surface area contributed by atoms with Gasteiger partial charge in [-0.05, 0) is 81.1 Å². The van der Waals surface area contributed by atoms with Crippen molar-refractivity contribution >= 4 is 80.4 Å². The van der Waals surface area contributed by atoms with Crippen LogP contribution in [0.4, 0.5) is 5.69 Å². The van der Waals surface area contributed by atoms with Crippen LogP contribution in [0.3, 0.4) is 0 Å². The van der Waals surface area contributed by atoms with Crippen LogP contribution in [-0.4, -0.2) is 25.6 Å². The molecule has 0 bridgehead atoms. The topological polar surface area (TPSA) is 88.4 Å². The highest BCUT2D eigenvalue weighted by Gasteiger charge is 2.14. The van der Waals surface area contributed by atoms with Crippen LogP contribution in [0, 0.1) is 18.5 Å². The first-order valence-corrected chi connectivity index (χ1v) is 10.3. The number of methoxy groups -OCH3 is 1. The summed E-state index contributed by atoms with van der Waals surface area (Å²) in [6.45, 7) is -0.207. The first-order valence-electron chi connectivity index (χ1n) is 7.72. The van der Waals surface area contributed by atoms with E-state index >= 15 is 0 Å². The van der Waals surface area contributed by atoms with Crippen LogP contribution in [0.1, 0.15) is 5.56 Å². The zero-order chi connectivity index (χ0) is 20.7. The number of carbonyl (C=O) groups is 2. The number of hydrogen-bond acceptors (Lipinski definition) is 5. The number of hydrogen-bond donors (Lipinski definition) is 1. The van der Waals surface area contributed by atoms with Crippen molar-refractivity contribution in [2.75, 3.05) is 19.0 Å². The van der Waals surface area contributed by atoms with Gasteiger partial charge in [0.2, 0.25) is 0 Å². The van der Waals surface area contributed by atoms with Crippen LogP contribution in [0.15, 0.2) is 42.0 Å². The largest absolute Gasteiger partial charge is 0.480 e. The molecule has 0 aromatic heterocycles. The van der Waals surface area contributed by atoms with Crippen molar-refractivity contribution in [3.8, 4) is 11.8 Å². The van der Waals surface area contributed by atoms with Gasteiger partial charge < -0.3 is 14.8 Å². The summed E-state index contributed by atoms with van der Waals surface area (Å²) in [6, 6.07) is 12.2. The van der Waals surface area contributed by atoms with Crippen LogP contribution >= 0.6 is 56.8 Å². The predicted molar refractivity (Wildman–Crippen MR) is 123 cm³/mol. The van der Waals surface area contributed by atoms with E-state index in [4.69, 9.17) is 16.3 Å². The average molecular weight is 623 g/mol. The molecule has 9 heteroatoms. The molecule has 2 aromatic rings. The Kier molecular flexibility index (Phi) is 8.53. The van der Waals surface area contributed by atoms with Crippen LogP contribution in [0.25, 0.3) is 6.08 Å². The molecule has 0 saturated heterocycles. The van der Waals surface area contributed by atoms with Gasteiger partial charge in [-0.3, -0.25) is 4.79 Å². The molecule has 0 aliphatic carbocycles. The van der Waals surface area contributed by atoms with Gasteiger partial charge in [0.25, 0.3) is 5.91 Å². The highest BCUT2D eigenvalue weighted by Crippen LogP contribution is 2.30. The summed E-state index contributed by atoms with van der Waals surface area (Å²) < 4.78 is 11.5. The Bertz CT molecular complexity index is 963. The lowest BCUT2D eigenvalue weighted by Crippen LogP contribution is -2.14.